The van der Waals surface area contributed by atoms with Crippen LogP contribution < -0.4 is 10.1 Å². The zero-order valence-corrected chi connectivity index (χ0v) is 19.4. The summed E-state index contributed by atoms with van der Waals surface area (Å²) in [5.41, 5.74) is 3.38. The van der Waals surface area contributed by atoms with E-state index in [1.165, 1.54) is 0 Å². The highest BCUT2D eigenvalue weighted by Gasteiger charge is 2.30. The summed E-state index contributed by atoms with van der Waals surface area (Å²) < 4.78 is 5.58. The lowest BCUT2D eigenvalue weighted by atomic mass is 10.0. The number of carbonyl (C=O) groups is 2. The van der Waals surface area contributed by atoms with E-state index in [1.807, 2.05) is 37.2 Å². The number of hydrogen-bond donors (Lipinski definition) is 1. The fourth-order valence-electron chi connectivity index (χ4n) is 3.76. The monoisotopic (exact) mass is 444 g/mol. The largest absolute Gasteiger partial charge is 0.493 e. The van der Waals surface area contributed by atoms with E-state index in [2.05, 4.69) is 20.6 Å². The molecule has 7 nitrogen and oxygen atoms in total. The van der Waals surface area contributed by atoms with Gasteiger partial charge < -0.3 is 15.0 Å². The van der Waals surface area contributed by atoms with Crippen molar-refractivity contribution in [2.75, 3.05) is 32.8 Å². The number of thiazole rings is 1. The van der Waals surface area contributed by atoms with Gasteiger partial charge in [0.1, 0.15) is 11.8 Å². The Balaban J connectivity index is 1.64. The molecule has 1 aromatic carbocycles. The first-order valence-corrected chi connectivity index (χ1v) is 11.8. The number of nitrogens with one attached hydrogen (secondary N) is 1. The number of hydrogen-bond acceptors (Lipinski definition) is 6. The zero-order chi connectivity index (χ0) is 22.2. The van der Waals surface area contributed by atoms with Crippen LogP contribution in [0.4, 0.5) is 0 Å². The summed E-state index contributed by atoms with van der Waals surface area (Å²) in [5, 5.41) is 5.03. The summed E-state index contributed by atoms with van der Waals surface area (Å²) in [7, 11) is 0. The van der Waals surface area contributed by atoms with E-state index in [4.69, 9.17) is 4.74 Å². The second-order valence-electron chi connectivity index (χ2n) is 8.06. The van der Waals surface area contributed by atoms with E-state index < -0.39 is 6.04 Å². The fourth-order valence-corrected chi connectivity index (χ4v) is 4.31. The fraction of sp³-hybridized carbons (Fsp3) is 0.522. The van der Waals surface area contributed by atoms with Gasteiger partial charge in [0.15, 0.2) is 0 Å². The van der Waals surface area contributed by atoms with Crippen molar-refractivity contribution in [2.45, 2.75) is 39.8 Å². The molecular weight excluding hydrogens is 412 g/mol. The lowest BCUT2D eigenvalue weighted by Crippen LogP contribution is -2.52. The highest BCUT2D eigenvalue weighted by molar-refractivity contribution is 7.07. The third kappa shape index (κ3) is 6.27. The van der Waals surface area contributed by atoms with Crippen molar-refractivity contribution in [2.24, 2.45) is 5.92 Å². The van der Waals surface area contributed by atoms with Crippen LogP contribution >= 0.6 is 11.3 Å². The van der Waals surface area contributed by atoms with E-state index in [1.54, 1.807) is 29.5 Å². The van der Waals surface area contributed by atoms with E-state index in [-0.39, 0.29) is 17.7 Å². The molecule has 3 rings (SSSR count). The number of ether oxygens (including phenoxy) is 1. The normalized spacial score (nSPS) is 16.1. The van der Waals surface area contributed by atoms with Crippen molar-refractivity contribution < 1.29 is 14.3 Å². The van der Waals surface area contributed by atoms with Gasteiger partial charge in [0, 0.05) is 38.1 Å². The SMILES string of the molecule is CCOc1ccccc1C(=O)NC(C(=O)N1CCCN(Cc2cscn2)CC1)C(C)C. The van der Waals surface area contributed by atoms with Gasteiger partial charge in [0.05, 0.1) is 23.4 Å². The number of carbonyl (C=O) groups excluding carboxylic acids is 2. The van der Waals surface area contributed by atoms with Crippen LogP contribution in [0.15, 0.2) is 35.2 Å². The first-order chi connectivity index (χ1) is 15.0. The Labute approximate surface area is 188 Å². The molecule has 0 saturated carbocycles. The summed E-state index contributed by atoms with van der Waals surface area (Å²) in [6, 6.07) is 6.56. The first kappa shape index (κ1) is 23.2. The number of para-hydroxylation sites is 1. The van der Waals surface area contributed by atoms with E-state index in [0.29, 0.717) is 31.0 Å². The lowest BCUT2D eigenvalue weighted by Gasteiger charge is -2.29. The Morgan fingerprint density at radius 3 is 2.71 bits per heavy atom. The van der Waals surface area contributed by atoms with E-state index in [0.717, 1.165) is 31.7 Å². The maximum atomic E-state index is 13.3. The van der Waals surface area contributed by atoms with Crippen LogP contribution in [0.1, 0.15) is 43.2 Å². The molecule has 8 heteroatoms. The molecule has 1 fully saturated rings. The van der Waals surface area contributed by atoms with Crippen molar-refractivity contribution >= 4 is 23.2 Å². The van der Waals surface area contributed by atoms with Crippen molar-refractivity contribution in [3.05, 3.63) is 46.4 Å². The number of rotatable bonds is 8. The second kappa shape index (κ2) is 11.2. The highest BCUT2D eigenvalue weighted by Crippen LogP contribution is 2.19. The highest BCUT2D eigenvalue weighted by atomic mass is 32.1. The average molecular weight is 445 g/mol. The van der Waals surface area contributed by atoms with Crippen LogP contribution in [0, 0.1) is 5.92 Å². The predicted octanol–water partition coefficient (Wildman–Crippen LogP) is 3.03. The Morgan fingerprint density at radius 1 is 1.19 bits per heavy atom. The van der Waals surface area contributed by atoms with Gasteiger partial charge in [-0.05, 0) is 31.4 Å². The smallest absolute Gasteiger partial charge is 0.255 e. The Hall–Kier alpha value is -2.45. The van der Waals surface area contributed by atoms with Crippen LogP contribution in [0.25, 0.3) is 0 Å². The number of nitrogens with zero attached hydrogens (tertiary/aromatic N) is 3. The van der Waals surface area contributed by atoms with Gasteiger partial charge in [-0.15, -0.1) is 11.3 Å². The van der Waals surface area contributed by atoms with Gasteiger partial charge >= 0.3 is 0 Å². The van der Waals surface area contributed by atoms with Crippen LogP contribution in [0.3, 0.4) is 0 Å². The molecule has 31 heavy (non-hydrogen) atoms. The summed E-state index contributed by atoms with van der Waals surface area (Å²) >= 11 is 1.60. The number of amides is 2. The minimum Gasteiger partial charge on any atom is -0.493 e. The molecule has 1 saturated heterocycles. The van der Waals surface area contributed by atoms with Crippen LogP contribution in [-0.4, -0.2) is 65.4 Å². The Morgan fingerprint density at radius 2 is 2.00 bits per heavy atom. The van der Waals surface area contributed by atoms with Crippen LogP contribution in [-0.2, 0) is 11.3 Å². The summed E-state index contributed by atoms with van der Waals surface area (Å²) in [4.78, 5) is 34.9. The van der Waals surface area contributed by atoms with Crippen molar-refractivity contribution in [3.63, 3.8) is 0 Å². The van der Waals surface area contributed by atoms with Gasteiger partial charge in [-0.2, -0.15) is 0 Å². The standard InChI is InChI=1S/C23H32N4O3S/c1-4-30-20-9-6-5-8-19(20)22(28)25-21(17(2)3)23(29)27-11-7-10-26(12-13-27)14-18-15-31-16-24-18/h5-6,8-9,15-17,21H,4,7,10-14H2,1-3H3,(H,25,28). The second-order valence-corrected chi connectivity index (χ2v) is 8.78. The first-order valence-electron chi connectivity index (χ1n) is 10.9. The molecule has 1 aromatic heterocycles. The van der Waals surface area contributed by atoms with Crippen LogP contribution in [0.2, 0.25) is 0 Å². The Kier molecular flexibility index (Phi) is 8.43. The minimum absolute atomic E-state index is 0.0206. The molecule has 1 atom stereocenters. The van der Waals surface area contributed by atoms with Crippen molar-refractivity contribution in [1.29, 1.82) is 0 Å². The van der Waals surface area contributed by atoms with E-state index in [9.17, 15) is 9.59 Å². The molecule has 2 heterocycles. The van der Waals surface area contributed by atoms with Crippen LogP contribution in [0.5, 0.6) is 5.75 Å². The molecule has 2 amide bonds. The summed E-state index contributed by atoms with van der Waals surface area (Å²) in [5.74, 6) is 0.207. The molecule has 1 unspecified atom stereocenters. The summed E-state index contributed by atoms with van der Waals surface area (Å²) in [6.07, 6.45) is 0.905. The topological polar surface area (TPSA) is 74.8 Å². The van der Waals surface area contributed by atoms with Gasteiger partial charge in [0.25, 0.3) is 5.91 Å². The number of aromatic nitrogens is 1. The van der Waals surface area contributed by atoms with Gasteiger partial charge in [-0.3, -0.25) is 14.5 Å². The third-order valence-corrected chi connectivity index (χ3v) is 6.06. The third-order valence-electron chi connectivity index (χ3n) is 5.42. The molecule has 0 radical (unpaired) electrons. The Bertz CT molecular complexity index is 856. The molecule has 0 aliphatic carbocycles. The predicted molar refractivity (Wildman–Crippen MR) is 122 cm³/mol. The minimum atomic E-state index is -0.577. The molecule has 0 spiro atoms. The maximum absolute atomic E-state index is 13.3. The van der Waals surface area contributed by atoms with Crippen molar-refractivity contribution in [3.8, 4) is 5.75 Å². The lowest BCUT2D eigenvalue weighted by molar-refractivity contribution is -0.134. The molecular formula is C23H32N4O3S. The molecule has 0 bridgehead atoms. The maximum Gasteiger partial charge on any atom is 0.255 e. The van der Waals surface area contributed by atoms with Crippen molar-refractivity contribution in [1.82, 2.24) is 20.1 Å². The van der Waals surface area contributed by atoms with E-state index >= 15 is 0 Å². The molecule has 2 aromatic rings. The molecule has 168 valence electrons. The van der Waals surface area contributed by atoms with Gasteiger partial charge in [0.2, 0.25) is 5.91 Å². The van der Waals surface area contributed by atoms with Gasteiger partial charge in [-0.25, -0.2) is 4.98 Å². The van der Waals surface area contributed by atoms with Gasteiger partial charge in [-0.1, -0.05) is 26.0 Å². The molecule has 1 aliphatic heterocycles. The average Bonchev–Trinajstić information content (AvgIpc) is 3.16. The zero-order valence-electron chi connectivity index (χ0n) is 18.5. The molecule has 1 aliphatic rings. The molecule has 1 N–H and O–H groups in total. The number of benzene rings is 1. The summed E-state index contributed by atoms with van der Waals surface area (Å²) in [6.45, 7) is 10.2. The quantitative estimate of drug-likeness (QED) is 0.677.